The van der Waals surface area contributed by atoms with E-state index in [1.54, 1.807) is 66.7 Å². The molecule has 0 saturated carbocycles. The molecule has 7 nitrogen and oxygen atoms in total. The summed E-state index contributed by atoms with van der Waals surface area (Å²) in [6.45, 7) is 3.89. The van der Waals surface area contributed by atoms with Gasteiger partial charge in [0.1, 0.15) is 5.75 Å². The van der Waals surface area contributed by atoms with Crippen LogP contribution < -0.4 is 15.5 Å². The lowest BCUT2D eigenvalue weighted by Crippen LogP contribution is -2.18. The number of esters is 1. The van der Waals surface area contributed by atoms with E-state index in [0.717, 1.165) is 15.6 Å². The fourth-order valence-corrected chi connectivity index (χ4v) is 3.78. The van der Waals surface area contributed by atoms with Crippen LogP contribution in [0.4, 0.5) is 5.69 Å². The van der Waals surface area contributed by atoms with Crippen molar-refractivity contribution in [3.05, 3.63) is 129 Å². The average Bonchev–Trinajstić information content (AvgIpc) is 2.91. The number of carbonyl (C=O) groups excluding carboxylic acids is 3. The highest BCUT2D eigenvalue weighted by Crippen LogP contribution is 2.23. The lowest BCUT2D eigenvalue weighted by atomic mass is 10.1. The Bertz CT molecular complexity index is 1500. The molecule has 0 aliphatic heterocycles. The third-order valence-electron chi connectivity index (χ3n) is 5.55. The van der Waals surface area contributed by atoms with Gasteiger partial charge in [0.15, 0.2) is 0 Å². The Morgan fingerprint density at radius 1 is 0.737 bits per heavy atom. The zero-order valence-electron chi connectivity index (χ0n) is 20.7. The first kappa shape index (κ1) is 26.5. The van der Waals surface area contributed by atoms with Crippen LogP contribution in [0.3, 0.4) is 0 Å². The Morgan fingerprint density at radius 2 is 1.29 bits per heavy atom. The Hall–Kier alpha value is -4.56. The number of aryl methyl sites for hydroxylation is 2. The normalized spacial score (nSPS) is 10.7. The van der Waals surface area contributed by atoms with Crippen molar-refractivity contribution < 1.29 is 19.1 Å². The number of nitrogens with one attached hydrogen (secondary N) is 2. The SMILES string of the molecule is Cc1ccc(C(=O)Nc2ccc(C(=O)N/N=C\c3cc(Br)ccc3OC(=O)c3ccc(C)cc3)cc2)cc1. The first-order valence-corrected chi connectivity index (χ1v) is 12.5. The first-order chi connectivity index (χ1) is 18.3. The predicted molar refractivity (Wildman–Crippen MR) is 151 cm³/mol. The number of hydrogen-bond donors (Lipinski definition) is 2. The maximum Gasteiger partial charge on any atom is 0.343 e. The number of hydrazone groups is 1. The van der Waals surface area contributed by atoms with Gasteiger partial charge in [-0.1, -0.05) is 51.3 Å². The molecule has 0 fully saturated rings. The molecule has 0 heterocycles. The molecule has 4 aromatic carbocycles. The van der Waals surface area contributed by atoms with Gasteiger partial charge in [0, 0.05) is 26.9 Å². The average molecular weight is 570 g/mol. The maximum atomic E-state index is 12.6. The summed E-state index contributed by atoms with van der Waals surface area (Å²) in [5, 5.41) is 6.83. The molecule has 0 unspecified atom stereocenters. The molecule has 8 heteroatoms. The second kappa shape index (κ2) is 12.1. The van der Waals surface area contributed by atoms with E-state index in [1.165, 1.54) is 6.21 Å². The molecular weight excluding hydrogens is 546 g/mol. The van der Waals surface area contributed by atoms with E-state index in [9.17, 15) is 14.4 Å². The number of carbonyl (C=O) groups is 3. The van der Waals surface area contributed by atoms with Gasteiger partial charge in [-0.25, -0.2) is 10.2 Å². The highest BCUT2D eigenvalue weighted by Gasteiger charge is 2.12. The molecule has 0 saturated heterocycles. The van der Waals surface area contributed by atoms with Gasteiger partial charge in [0.05, 0.1) is 11.8 Å². The minimum Gasteiger partial charge on any atom is -0.422 e. The number of halogens is 1. The largest absolute Gasteiger partial charge is 0.422 e. The number of nitrogens with zero attached hydrogens (tertiary/aromatic N) is 1. The van der Waals surface area contributed by atoms with E-state index in [-0.39, 0.29) is 5.91 Å². The van der Waals surface area contributed by atoms with Crippen molar-refractivity contribution in [2.45, 2.75) is 13.8 Å². The van der Waals surface area contributed by atoms with Crippen molar-refractivity contribution >= 4 is 45.6 Å². The molecule has 2 N–H and O–H groups in total. The number of anilines is 1. The second-order valence-corrected chi connectivity index (χ2v) is 9.45. The Morgan fingerprint density at radius 3 is 1.92 bits per heavy atom. The molecular formula is C30H24BrN3O4. The van der Waals surface area contributed by atoms with E-state index in [2.05, 4.69) is 31.8 Å². The highest BCUT2D eigenvalue weighted by atomic mass is 79.9. The predicted octanol–water partition coefficient (Wildman–Crippen LogP) is 6.30. The zero-order valence-corrected chi connectivity index (χ0v) is 22.3. The van der Waals surface area contributed by atoms with Gasteiger partial charge in [0.2, 0.25) is 0 Å². The molecule has 0 aliphatic rings. The van der Waals surface area contributed by atoms with Crippen molar-refractivity contribution in [3.63, 3.8) is 0 Å². The number of amides is 2. The van der Waals surface area contributed by atoms with Crippen LogP contribution in [0.2, 0.25) is 0 Å². The van der Waals surface area contributed by atoms with Gasteiger partial charge in [-0.2, -0.15) is 5.10 Å². The van der Waals surface area contributed by atoms with E-state index in [4.69, 9.17) is 4.74 Å². The summed E-state index contributed by atoms with van der Waals surface area (Å²) < 4.78 is 6.31. The summed E-state index contributed by atoms with van der Waals surface area (Å²) in [7, 11) is 0. The zero-order chi connectivity index (χ0) is 27.1. The Kier molecular flexibility index (Phi) is 8.45. The standard InChI is InChI=1S/C30H24BrN3O4/c1-19-3-7-21(8-4-19)28(35)33-26-14-11-22(12-15-26)29(36)34-32-18-24-17-25(31)13-16-27(24)38-30(37)23-9-5-20(2)6-10-23/h3-18H,1-2H3,(H,33,35)(H,34,36)/b32-18-. The molecule has 190 valence electrons. The van der Waals surface area contributed by atoms with Crippen molar-refractivity contribution in [2.24, 2.45) is 5.10 Å². The van der Waals surface area contributed by atoms with Gasteiger partial charge in [-0.15, -0.1) is 0 Å². The minimum absolute atomic E-state index is 0.236. The third kappa shape index (κ3) is 7.02. The van der Waals surface area contributed by atoms with E-state index in [1.807, 2.05) is 38.1 Å². The maximum absolute atomic E-state index is 12.6. The molecule has 4 aromatic rings. The number of rotatable bonds is 7. The van der Waals surface area contributed by atoms with Gasteiger partial charge in [-0.3, -0.25) is 9.59 Å². The van der Waals surface area contributed by atoms with Crippen LogP contribution >= 0.6 is 15.9 Å². The fraction of sp³-hybridized carbons (Fsp3) is 0.0667. The van der Waals surface area contributed by atoms with Crippen LogP contribution in [-0.2, 0) is 0 Å². The van der Waals surface area contributed by atoms with Crippen molar-refractivity contribution in [3.8, 4) is 5.75 Å². The first-order valence-electron chi connectivity index (χ1n) is 11.7. The Labute approximate surface area is 228 Å². The molecule has 2 amide bonds. The van der Waals surface area contributed by atoms with E-state index >= 15 is 0 Å². The van der Waals surface area contributed by atoms with Gasteiger partial charge in [-0.05, 0) is 80.6 Å². The Balaban J connectivity index is 1.38. The van der Waals surface area contributed by atoms with Crippen LogP contribution in [0.5, 0.6) is 5.75 Å². The monoisotopic (exact) mass is 569 g/mol. The summed E-state index contributed by atoms with van der Waals surface area (Å²) in [5.41, 5.74) is 6.95. The molecule has 0 aliphatic carbocycles. The molecule has 0 bridgehead atoms. The van der Waals surface area contributed by atoms with E-state index < -0.39 is 11.9 Å². The fourth-order valence-electron chi connectivity index (χ4n) is 3.40. The smallest absolute Gasteiger partial charge is 0.343 e. The van der Waals surface area contributed by atoms with Gasteiger partial charge < -0.3 is 10.1 Å². The summed E-state index contributed by atoms with van der Waals surface area (Å²) in [6, 6.07) is 25.9. The van der Waals surface area contributed by atoms with Crippen LogP contribution in [0.1, 0.15) is 47.8 Å². The van der Waals surface area contributed by atoms with E-state index in [0.29, 0.717) is 33.7 Å². The molecule has 4 rings (SSSR count). The molecule has 0 radical (unpaired) electrons. The van der Waals surface area contributed by atoms with Crippen LogP contribution in [0.25, 0.3) is 0 Å². The molecule has 0 atom stereocenters. The molecule has 38 heavy (non-hydrogen) atoms. The summed E-state index contributed by atoms with van der Waals surface area (Å²) >= 11 is 3.40. The number of ether oxygens (including phenoxy) is 1. The second-order valence-electron chi connectivity index (χ2n) is 8.53. The number of benzene rings is 4. The van der Waals surface area contributed by atoms with Gasteiger partial charge in [0.25, 0.3) is 11.8 Å². The lowest BCUT2D eigenvalue weighted by Gasteiger charge is -2.08. The minimum atomic E-state index is -0.499. The summed E-state index contributed by atoms with van der Waals surface area (Å²) in [4.78, 5) is 37.5. The van der Waals surface area contributed by atoms with Crippen LogP contribution in [0, 0.1) is 13.8 Å². The quantitative estimate of drug-likeness (QED) is 0.118. The van der Waals surface area contributed by atoms with Gasteiger partial charge >= 0.3 is 5.97 Å². The molecule has 0 spiro atoms. The topological polar surface area (TPSA) is 96.9 Å². The summed E-state index contributed by atoms with van der Waals surface area (Å²) in [5.74, 6) is -0.878. The van der Waals surface area contributed by atoms with Crippen molar-refractivity contribution in [1.29, 1.82) is 0 Å². The lowest BCUT2D eigenvalue weighted by molar-refractivity contribution is 0.0734. The van der Waals surface area contributed by atoms with Crippen LogP contribution in [0.15, 0.2) is 101 Å². The molecule has 0 aromatic heterocycles. The van der Waals surface area contributed by atoms with Crippen molar-refractivity contribution in [2.75, 3.05) is 5.32 Å². The third-order valence-corrected chi connectivity index (χ3v) is 6.04. The number of hydrogen-bond acceptors (Lipinski definition) is 5. The summed E-state index contributed by atoms with van der Waals surface area (Å²) in [6.07, 6.45) is 1.40. The van der Waals surface area contributed by atoms with Crippen LogP contribution in [-0.4, -0.2) is 24.0 Å². The van der Waals surface area contributed by atoms with Crippen molar-refractivity contribution in [1.82, 2.24) is 5.43 Å². The highest BCUT2D eigenvalue weighted by molar-refractivity contribution is 9.10.